The third kappa shape index (κ3) is 3.69. The second-order valence-electron chi connectivity index (χ2n) is 7.63. The molecule has 0 bridgehead atoms. The number of nitrogens with zero attached hydrogens (tertiary/aromatic N) is 4. The summed E-state index contributed by atoms with van der Waals surface area (Å²) >= 11 is 0. The molecule has 3 heterocycles. The van der Waals surface area contributed by atoms with Crippen molar-refractivity contribution in [1.82, 2.24) is 19.3 Å². The van der Waals surface area contributed by atoms with Crippen LogP contribution >= 0.6 is 0 Å². The topological polar surface area (TPSA) is 42.7 Å². The maximum Gasteiger partial charge on any atom is 0.258 e. The summed E-state index contributed by atoms with van der Waals surface area (Å²) in [5.74, 6) is 0.578. The average molecular weight is 364 g/mol. The molecule has 0 radical (unpaired) electrons. The SMILES string of the molecule is CC(C)Oc1nccn2c(-c3ccc(C(C)N4CCCCC4)cc3)cnc12. The van der Waals surface area contributed by atoms with E-state index in [-0.39, 0.29) is 6.10 Å². The molecule has 0 N–H and O–H groups in total. The lowest BCUT2D eigenvalue weighted by Crippen LogP contribution is -2.32. The van der Waals surface area contributed by atoms with Crippen molar-refractivity contribution in [1.29, 1.82) is 0 Å². The van der Waals surface area contributed by atoms with E-state index in [1.54, 1.807) is 6.20 Å². The number of aromatic nitrogens is 3. The molecule has 5 nitrogen and oxygen atoms in total. The van der Waals surface area contributed by atoms with Crippen LogP contribution in [0.1, 0.15) is 51.6 Å². The van der Waals surface area contributed by atoms with E-state index in [9.17, 15) is 0 Å². The summed E-state index contributed by atoms with van der Waals surface area (Å²) in [5.41, 5.74) is 4.34. The van der Waals surface area contributed by atoms with Gasteiger partial charge in [0.1, 0.15) is 0 Å². The first-order valence-corrected chi connectivity index (χ1v) is 9.96. The Morgan fingerprint density at radius 1 is 0.963 bits per heavy atom. The van der Waals surface area contributed by atoms with Crippen molar-refractivity contribution < 1.29 is 4.74 Å². The molecule has 142 valence electrons. The monoisotopic (exact) mass is 364 g/mol. The van der Waals surface area contributed by atoms with Gasteiger partial charge in [-0.25, -0.2) is 9.97 Å². The highest BCUT2D eigenvalue weighted by atomic mass is 16.5. The van der Waals surface area contributed by atoms with E-state index >= 15 is 0 Å². The third-order valence-corrected chi connectivity index (χ3v) is 5.37. The molecule has 0 aliphatic carbocycles. The predicted molar refractivity (Wildman–Crippen MR) is 108 cm³/mol. The number of likely N-dealkylation sites (tertiary alicyclic amines) is 1. The maximum absolute atomic E-state index is 5.79. The Labute approximate surface area is 161 Å². The van der Waals surface area contributed by atoms with Gasteiger partial charge in [-0.05, 0) is 52.3 Å². The van der Waals surface area contributed by atoms with Gasteiger partial charge >= 0.3 is 0 Å². The molecule has 1 atom stereocenters. The average Bonchev–Trinajstić information content (AvgIpc) is 3.13. The first kappa shape index (κ1) is 18.0. The molecule has 1 saturated heterocycles. The summed E-state index contributed by atoms with van der Waals surface area (Å²) in [6.07, 6.45) is 9.68. The molecule has 0 amide bonds. The van der Waals surface area contributed by atoms with Gasteiger partial charge in [0.25, 0.3) is 5.88 Å². The van der Waals surface area contributed by atoms with Crippen LogP contribution in [0, 0.1) is 0 Å². The second-order valence-corrected chi connectivity index (χ2v) is 7.63. The summed E-state index contributed by atoms with van der Waals surface area (Å²) in [6, 6.07) is 9.36. The van der Waals surface area contributed by atoms with Crippen LogP contribution < -0.4 is 4.74 Å². The largest absolute Gasteiger partial charge is 0.472 e. The van der Waals surface area contributed by atoms with E-state index in [4.69, 9.17) is 4.74 Å². The zero-order valence-electron chi connectivity index (χ0n) is 16.4. The van der Waals surface area contributed by atoms with Gasteiger partial charge in [0.05, 0.1) is 18.0 Å². The second kappa shape index (κ2) is 7.69. The lowest BCUT2D eigenvalue weighted by Gasteiger charge is -2.32. The summed E-state index contributed by atoms with van der Waals surface area (Å²) in [5, 5.41) is 0. The third-order valence-electron chi connectivity index (χ3n) is 5.37. The number of benzene rings is 1. The van der Waals surface area contributed by atoms with Gasteiger partial charge in [-0.1, -0.05) is 30.7 Å². The minimum absolute atomic E-state index is 0.0689. The smallest absolute Gasteiger partial charge is 0.258 e. The molecule has 1 unspecified atom stereocenters. The first-order valence-electron chi connectivity index (χ1n) is 9.96. The highest BCUT2D eigenvalue weighted by Gasteiger charge is 2.18. The number of piperidine rings is 1. The molecule has 1 fully saturated rings. The fourth-order valence-corrected chi connectivity index (χ4v) is 3.86. The van der Waals surface area contributed by atoms with Crippen LogP contribution in [0.2, 0.25) is 0 Å². The van der Waals surface area contributed by atoms with E-state index in [1.807, 2.05) is 30.6 Å². The Kier molecular flexibility index (Phi) is 5.12. The van der Waals surface area contributed by atoms with Crippen LogP contribution in [-0.2, 0) is 0 Å². The fraction of sp³-hybridized carbons (Fsp3) is 0.455. The number of ether oxygens (including phenoxy) is 1. The molecular weight excluding hydrogens is 336 g/mol. The Hall–Kier alpha value is -2.40. The Balaban J connectivity index is 1.60. The number of rotatable bonds is 5. The highest BCUT2D eigenvalue weighted by molar-refractivity contribution is 5.66. The molecule has 4 rings (SSSR count). The van der Waals surface area contributed by atoms with Crippen molar-refractivity contribution in [3.05, 3.63) is 48.4 Å². The van der Waals surface area contributed by atoms with Gasteiger partial charge in [0.2, 0.25) is 5.65 Å². The van der Waals surface area contributed by atoms with Crippen LogP contribution in [0.25, 0.3) is 16.9 Å². The van der Waals surface area contributed by atoms with E-state index in [1.165, 1.54) is 37.9 Å². The standard InChI is InChI=1S/C22H28N4O/c1-16(2)27-22-21-24-15-20(26(21)14-11-23-22)19-9-7-18(8-10-19)17(3)25-12-5-4-6-13-25/h7-11,14-17H,4-6,12-13H2,1-3H3. The van der Waals surface area contributed by atoms with Crippen molar-refractivity contribution in [2.24, 2.45) is 0 Å². The quantitative estimate of drug-likeness (QED) is 0.656. The minimum atomic E-state index is 0.0689. The predicted octanol–water partition coefficient (Wildman–Crippen LogP) is 4.73. The molecule has 27 heavy (non-hydrogen) atoms. The molecule has 1 aromatic carbocycles. The van der Waals surface area contributed by atoms with Crippen LogP contribution in [0.4, 0.5) is 0 Å². The lowest BCUT2D eigenvalue weighted by molar-refractivity contribution is 0.175. The van der Waals surface area contributed by atoms with Crippen LogP contribution in [0.15, 0.2) is 42.9 Å². The zero-order chi connectivity index (χ0) is 18.8. The molecular formula is C22H28N4O. The van der Waals surface area contributed by atoms with Crippen molar-refractivity contribution in [3.63, 3.8) is 0 Å². The maximum atomic E-state index is 5.79. The Bertz CT molecular complexity index is 894. The minimum Gasteiger partial charge on any atom is -0.472 e. The van der Waals surface area contributed by atoms with Crippen molar-refractivity contribution in [3.8, 4) is 17.1 Å². The summed E-state index contributed by atoms with van der Waals surface area (Å²) in [6.45, 7) is 8.73. The van der Waals surface area contributed by atoms with Gasteiger partial charge in [-0.3, -0.25) is 9.30 Å². The van der Waals surface area contributed by atoms with E-state index in [0.717, 1.165) is 16.9 Å². The highest BCUT2D eigenvalue weighted by Crippen LogP contribution is 2.28. The number of hydrogen-bond donors (Lipinski definition) is 0. The summed E-state index contributed by atoms with van der Waals surface area (Å²) in [7, 11) is 0. The number of imidazole rings is 1. The lowest BCUT2D eigenvalue weighted by atomic mass is 10.0. The molecule has 2 aromatic heterocycles. The van der Waals surface area contributed by atoms with Crippen molar-refractivity contribution in [2.45, 2.75) is 52.2 Å². The van der Waals surface area contributed by atoms with Gasteiger partial charge in [0.15, 0.2) is 0 Å². The van der Waals surface area contributed by atoms with Gasteiger partial charge in [-0.15, -0.1) is 0 Å². The number of fused-ring (bicyclic) bond motifs is 1. The van der Waals surface area contributed by atoms with Crippen LogP contribution in [0.3, 0.4) is 0 Å². The van der Waals surface area contributed by atoms with Gasteiger partial charge < -0.3 is 4.74 Å². The molecule has 1 aliphatic heterocycles. The molecule has 3 aromatic rings. The van der Waals surface area contributed by atoms with Crippen molar-refractivity contribution in [2.75, 3.05) is 13.1 Å². The van der Waals surface area contributed by atoms with Crippen LogP contribution in [0.5, 0.6) is 5.88 Å². The van der Waals surface area contributed by atoms with E-state index < -0.39 is 0 Å². The first-order chi connectivity index (χ1) is 13.1. The molecule has 0 spiro atoms. The fourth-order valence-electron chi connectivity index (χ4n) is 3.86. The van der Waals surface area contributed by atoms with Gasteiger partial charge in [0, 0.05) is 24.0 Å². The molecule has 5 heteroatoms. The zero-order valence-corrected chi connectivity index (χ0v) is 16.4. The Morgan fingerprint density at radius 3 is 2.41 bits per heavy atom. The number of hydrogen-bond acceptors (Lipinski definition) is 4. The van der Waals surface area contributed by atoms with Crippen molar-refractivity contribution >= 4 is 5.65 Å². The molecule has 0 saturated carbocycles. The van der Waals surface area contributed by atoms with Crippen LogP contribution in [-0.4, -0.2) is 38.5 Å². The van der Waals surface area contributed by atoms with Gasteiger partial charge in [-0.2, -0.15) is 0 Å². The summed E-state index contributed by atoms with van der Waals surface area (Å²) < 4.78 is 7.84. The Morgan fingerprint density at radius 2 is 1.70 bits per heavy atom. The van der Waals surface area contributed by atoms with E-state index in [2.05, 4.69) is 46.1 Å². The molecule has 1 aliphatic rings. The summed E-state index contributed by atoms with van der Waals surface area (Å²) in [4.78, 5) is 11.5. The normalized spacial score (nSPS) is 16.7. The van der Waals surface area contributed by atoms with E-state index in [0.29, 0.717) is 11.9 Å².